The van der Waals surface area contributed by atoms with E-state index in [0.29, 0.717) is 11.3 Å². The zero-order valence-electron chi connectivity index (χ0n) is 36.6. The Hall–Kier alpha value is -7.23. The van der Waals surface area contributed by atoms with E-state index in [1.807, 2.05) is 36.4 Å². The van der Waals surface area contributed by atoms with Gasteiger partial charge >= 0.3 is 0 Å². The van der Waals surface area contributed by atoms with Crippen LogP contribution < -0.4 is 9.80 Å². The summed E-state index contributed by atoms with van der Waals surface area (Å²) < 4.78 is -0.142. The van der Waals surface area contributed by atoms with Crippen LogP contribution in [0.4, 0.5) is 39.8 Å². The van der Waals surface area contributed by atoms with E-state index in [4.69, 9.17) is 6.57 Å². The predicted octanol–water partition coefficient (Wildman–Crippen LogP) is 16.5. The molecule has 63 heavy (non-hydrogen) atoms. The van der Waals surface area contributed by atoms with Crippen molar-refractivity contribution in [3.05, 3.63) is 210 Å². The quantitative estimate of drug-likeness (QED) is 0.0868. The first-order valence-electron chi connectivity index (χ1n) is 21.7. The number of para-hydroxylation sites is 2. The summed E-state index contributed by atoms with van der Waals surface area (Å²) in [5.41, 5.74) is 13.4. The molecular formula is C57H48N4Si2. The second-order valence-corrected chi connectivity index (χ2v) is 29.8. The van der Waals surface area contributed by atoms with Crippen molar-refractivity contribution in [2.24, 2.45) is 0 Å². The van der Waals surface area contributed by atoms with Gasteiger partial charge in [-0.3, -0.25) is 0 Å². The lowest BCUT2D eigenvalue weighted by Gasteiger charge is -2.52. The van der Waals surface area contributed by atoms with Crippen molar-refractivity contribution in [2.75, 3.05) is 9.80 Å². The van der Waals surface area contributed by atoms with Gasteiger partial charge in [0.25, 0.3) is 0 Å². The molecule has 0 bridgehead atoms. The van der Waals surface area contributed by atoms with E-state index >= 15 is 0 Å². The van der Waals surface area contributed by atoms with Crippen LogP contribution in [0.1, 0.15) is 16.7 Å². The molecule has 0 aromatic heterocycles. The van der Waals surface area contributed by atoms with Gasteiger partial charge in [-0.25, -0.2) is 4.85 Å². The van der Waals surface area contributed by atoms with Gasteiger partial charge in [0.2, 0.25) is 0 Å². The summed E-state index contributed by atoms with van der Waals surface area (Å²) >= 11 is 0. The zero-order valence-corrected chi connectivity index (χ0v) is 38.6. The minimum Gasteiger partial charge on any atom is -0.311 e. The van der Waals surface area contributed by atoms with Crippen LogP contribution in [0.15, 0.2) is 182 Å². The molecule has 0 N–H and O–H groups in total. The minimum absolute atomic E-state index is 0.142. The maximum absolute atomic E-state index is 9.60. The molecule has 0 aliphatic heterocycles. The zero-order chi connectivity index (χ0) is 43.7. The van der Waals surface area contributed by atoms with Crippen molar-refractivity contribution in [3.8, 4) is 17.2 Å². The molecule has 10 rings (SSSR count). The van der Waals surface area contributed by atoms with E-state index in [1.165, 1.54) is 54.6 Å². The Morgan fingerprint density at radius 2 is 0.952 bits per heavy atom. The average Bonchev–Trinajstić information content (AvgIpc) is 3.65. The van der Waals surface area contributed by atoms with Gasteiger partial charge in [-0.05, 0) is 140 Å². The summed E-state index contributed by atoms with van der Waals surface area (Å²) in [5, 5.41) is 17.3. The molecule has 304 valence electrons. The van der Waals surface area contributed by atoms with Gasteiger partial charge < -0.3 is 9.80 Å². The highest BCUT2D eigenvalue weighted by atomic mass is 28.4. The number of hydrogen-bond acceptors (Lipinski definition) is 3. The largest absolute Gasteiger partial charge is 0.311 e. The lowest BCUT2D eigenvalue weighted by Crippen LogP contribution is -2.63. The molecule has 0 spiro atoms. The molecule has 4 nitrogen and oxygen atoms in total. The Kier molecular flexibility index (Phi) is 9.49. The van der Waals surface area contributed by atoms with Crippen molar-refractivity contribution < 1.29 is 0 Å². The summed E-state index contributed by atoms with van der Waals surface area (Å²) in [6.45, 7) is 23.3. The molecule has 0 unspecified atom stereocenters. The smallest absolute Gasteiger partial charge is 0.187 e. The third-order valence-electron chi connectivity index (χ3n) is 13.3. The van der Waals surface area contributed by atoms with Gasteiger partial charge in [0, 0.05) is 38.8 Å². The van der Waals surface area contributed by atoms with Gasteiger partial charge in [-0.2, -0.15) is 5.26 Å². The van der Waals surface area contributed by atoms with Crippen LogP contribution in [-0.4, -0.2) is 16.1 Å². The first-order valence-corrected chi connectivity index (χ1v) is 28.7. The van der Waals surface area contributed by atoms with Crippen molar-refractivity contribution in [2.45, 2.75) is 43.9 Å². The number of benzene rings is 9. The van der Waals surface area contributed by atoms with Crippen molar-refractivity contribution in [3.63, 3.8) is 0 Å². The predicted molar refractivity (Wildman–Crippen MR) is 272 cm³/mol. The lowest BCUT2D eigenvalue weighted by molar-refractivity contribution is 0.973. The Bertz CT molecular complexity index is 3300. The molecule has 0 heterocycles. The summed E-state index contributed by atoms with van der Waals surface area (Å²) in [6.07, 6.45) is 0. The van der Waals surface area contributed by atoms with E-state index in [9.17, 15) is 5.26 Å². The number of hydrogen-bond donors (Lipinski definition) is 0. The molecule has 0 atom stereocenters. The first kappa shape index (κ1) is 39.9. The second kappa shape index (κ2) is 15.0. The van der Waals surface area contributed by atoms with Crippen LogP contribution in [0.25, 0.3) is 48.3 Å². The van der Waals surface area contributed by atoms with Crippen LogP contribution in [-0.2, 0) is 4.66 Å². The molecule has 9 aromatic rings. The third-order valence-corrected chi connectivity index (χ3v) is 23.3. The highest BCUT2D eigenvalue weighted by Crippen LogP contribution is 2.63. The topological polar surface area (TPSA) is 34.6 Å². The second-order valence-electron chi connectivity index (χ2n) is 18.8. The van der Waals surface area contributed by atoms with Gasteiger partial charge in [0.05, 0.1) is 34.4 Å². The van der Waals surface area contributed by atoms with Crippen LogP contribution in [0.3, 0.4) is 0 Å². The van der Waals surface area contributed by atoms with Gasteiger partial charge in [-0.15, -0.1) is 0 Å². The average molecular weight is 845 g/mol. The normalized spacial score (nSPS) is 13.0. The van der Waals surface area contributed by atoms with Crippen molar-refractivity contribution >= 4 is 88.3 Å². The molecule has 0 saturated heterocycles. The van der Waals surface area contributed by atoms with Crippen molar-refractivity contribution in [1.29, 1.82) is 5.26 Å². The molecule has 0 saturated carbocycles. The highest BCUT2D eigenvalue weighted by Gasteiger charge is 2.60. The summed E-state index contributed by atoms with van der Waals surface area (Å²) in [7, 11) is -4.29. The number of nitriles is 1. The van der Waals surface area contributed by atoms with Gasteiger partial charge in [0.15, 0.2) is 5.69 Å². The summed E-state index contributed by atoms with van der Waals surface area (Å²) in [6, 6.07) is 67.3. The van der Waals surface area contributed by atoms with Crippen LogP contribution in [0, 0.1) is 17.9 Å². The van der Waals surface area contributed by atoms with Crippen LogP contribution >= 0.6 is 0 Å². The number of rotatable bonds is 8. The van der Waals surface area contributed by atoms with Gasteiger partial charge in [0.1, 0.15) is 0 Å². The van der Waals surface area contributed by atoms with E-state index in [0.717, 1.165) is 34.1 Å². The van der Waals surface area contributed by atoms with E-state index in [-0.39, 0.29) is 4.66 Å². The highest BCUT2D eigenvalue weighted by molar-refractivity contribution is 7.00. The maximum atomic E-state index is 9.60. The van der Waals surface area contributed by atoms with Crippen LogP contribution in [0.2, 0.25) is 39.3 Å². The standard InChI is InChI=1S/C57H48N4Si2/c1-59-41-25-29-45(30-26-41)61(43-18-12-9-13-19-43)47-32-35-51-53(37-47)49-20-14-15-21-50(49)54-52-33-24-40-36-46(60(42-16-10-8-11-17-42)44-27-22-39(38-58)23-28-44)31-34-48(40)55(52)57(56(51)54,62(2,3)4)63(5,6)7/h8-37H,2-7H3. The molecule has 1 aliphatic rings. The first-order chi connectivity index (χ1) is 30.4. The fourth-order valence-corrected chi connectivity index (χ4v) is 24.3. The lowest BCUT2D eigenvalue weighted by atomic mass is 9.91. The molecule has 0 radical (unpaired) electrons. The van der Waals surface area contributed by atoms with E-state index < -0.39 is 16.1 Å². The Morgan fingerprint density at radius 3 is 1.51 bits per heavy atom. The summed E-state index contributed by atoms with van der Waals surface area (Å²) in [4.78, 5) is 8.29. The Labute approximate surface area is 372 Å². The number of fused-ring (bicyclic) bond motifs is 10. The fourth-order valence-electron chi connectivity index (χ4n) is 11.2. The molecular weight excluding hydrogens is 797 g/mol. The SMILES string of the molecule is [C-]#[N+]c1ccc(N(c2ccccc2)c2ccc3c4c(c5ccccc5c3c2)-c2ccc3cc(N(c5ccccc5)c5ccc(C#N)cc5)ccc3c2C4([Si](C)(C)C)[Si](C)(C)C)cc1. The number of nitrogens with zero attached hydrogens (tertiary/aromatic N) is 4. The minimum atomic E-state index is -2.14. The molecule has 6 heteroatoms. The Morgan fingerprint density at radius 1 is 0.460 bits per heavy atom. The molecule has 9 aromatic carbocycles. The monoisotopic (exact) mass is 844 g/mol. The number of anilines is 6. The van der Waals surface area contributed by atoms with Crippen molar-refractivity contribution in [1.82, 2.24) is 0 Å². The summed E-state index contributed by atoms with van der Waals surface area (Å²) in [5.74, 6) is 0. The van der Waals surface area contributed by atoms with Crippen LogP contribution in [0.5, 0.6) is 0 Å². The van der Waals surface area contributed by atoms with E-state index in [1.54, 1.807) is 0 Å². The van der Waals surface area contributed by atoms with Gasteiger partial charge in [-0.1, -0.05) is 136 Å². The Balaban J connectivity index is 1.25. The maximum Gasteiger partial charge on any atom is 0.187 e. The third kappa shape index (κ3) is 6.21. The molecule has 0 amide bonds. The van der Waals surface area contributed by atoms with E-state index in [2.05, 4.69) is 206 Å². The fraction of sp³-hybridized carbons (Fsp3) is 0.123. The molecule has 1 aliphatic carbocycles. The molecule has 0 fully saturated rings.